The van der Waals surface area contributed by atoms with Crippen LogP contribution in [0.4, 0.5) is 0 Å². The Kier molecular flexibility index (Phi) is 2.98. The zero-order chi connectivity index (χ0) is 16.0. The van der Waals surface area contributed by atoms with Crippen LogP contribution in [0.15, 0.2) is 54.7 Å². The minimum absolute atomic E-state index is 0.187. The van der Waals surface area contributed by atoms with Crippen LogP contribution in [0.1, 0.15) is 32.3 Å². The van der Waals surface area contributed by atoms with Crippen molar-refractivity contribution in [2.45, 2.75) is 5.92 Å². The van der Waals surface area contributed by atoms with Crippen LogP contribution in [0, 0.1) is 0 Å². The summed E-state index contributed by atoms with van der Waals surface area (Å²) in [4.78, 5) is 29.8. The molecule has 0 spiro atoms. The molecule has 0 N–H and O–H groups in total. The van der Waals surface area contributed by atoms with Crippen molar-refractivity contribution >= 4 is 22.3 Å². The molecule has 0 bridgehead atoms. The highest BCUT2D eigenvalue weighted by Crippen LogP contribution is 2.36. The monoisotopic (exact) mass is 303 g/mol. The number of fused-ring (bicyclic) bond motifs is 2. The third kappa shape index (κ3) is 1.95. The van der Waals surface area contributed by atoms with Crippen LogP contribution in [0.25, 0.3) is 10.8 Å². The molecule has 1 aliphatic rings. The first-order valence-corrected chi connectivity index (χ1v) is 7.31. The summed E-state index contributed by atoms with van der Waals surface area (Å²) >= 11 is 0. The van der Waals surface area contributed by atoms with Crippen LogP contribution in [0.5, 0.6) is 5.75 Å². The average Bonchev–Trinajstić information content (AvgIpc) is 2.85. The van der Waals surface area contributed by atoms with Gasteiger partial charge in [0.15, 0.2) is 11.6 Å². The normalized spacial score (nSPS) is 14.3. The summed E-state index contributed by atoms with van der Waals surface area (Å²) < 4.78 is 5.26. The summed E-state index contributed by atoms with van der Waals surface area (Å²) in [5, 5.41) is 1.69. The highest BCUT2D eigenvalue weighted by molar-refractivity contribution is 6.30. The maximum atomic E-state index is 12.7. The third-order valence-corrected chi connectivity index (χ3v) is 4.26. The molecule has 3 aromatic rings. The van der Waals surface area contributed by atoms with Crippen molar-refractivity contribution in [3.8, 4) is 5.75 Å². The molecule has 1 aromatic heterocycles. The van der Waals surface area contributed by atoms with E-state index in [4.69, 9.17) is 4.74 Å². The second kappa shape index (κ2) is 5.02. The number of methoxy groups -OCH3 is 1. The number of rotatable bonds is 2. The molecule has 4 heteroatoms. The first-order chi connectivity index (χ1) is 11.2. The summed E-state index contributed by atoms with van der Waals surface area (Å²) in [7, 11) is 1.58. The van der Waals surface area contributed by atoms with Gasteiger partial charge in [0.1, 0.15) is 11.7 Å². The molecule has 0 fully saturated rings. The summed E-state index contributed by atoms with van der Waals surface area (Å²) in [6.45, 7) is 0. The molecule has 0 saturated carbocycles. The maximum absolute atomic E-state index is 12.7. The fourth-order valence-electron chi connectivity index (χ4n) is 3.12. The number of benzene rings is 2. The van der Waals surface area contributed by atoms with E-state index in [2.05, 4.69) is 4.98 Å². The summed E-state index contributed by atoms with van der Waals surface area (Å²) in [5.74, 6) is -0.577. The first-order valence-electron chi connectivity index (χ1n) is 7.31. The van der Waals surface area contributed by atoms with Gasteiger partial charge in [-0.25, -0.2) is 0 Å². The highest BCUT2D eigenvalue weighted by Gasteiger charge is 2.40. The fourth-order valence-corrected chi connectivity index (χ4v) is 3.12. The van der Waals surface area contributed by atoms with E-state index in [1.165, 1.54) is 0 Å². The highest BCUT2D eigenvalue weighted by atomic mass is 16.5. The molecule has 0 unspecified atom stereocenters. The van der Waals surface area contributed by atoms with Gasteiger partial charge in [-0.2, -0.15) is 0 Å². The number of hydrogen-bond donors (Lipinski definition) is 0. The quantitative estimate of drug-likeness (QED) is 0.681. The number of aromatic nitrogens is 1. The largest absolute Gasteiger partial charge is 0.497 e. The minimum Gasteiger partial charge on any atom is -0.497 e. The van der Waals surface area contributed by atoms with Crippen molar-refractivity contribution < 1.29 is 14.3 Å². The number of hydrogen-bond acceptors (Lipinski definition) is 4. The Hall–Kier alpha value is -3.01. The second-order valence-corrected chi connectivity index (χ2v) is 5.49. The zero-order valence-corrected chi connectivity index (χ0v) is 12.4. The number of pyridine rings is 1. The summed E-state index contributed by atoms with van der Waals surface area (Å²) in [5.41, 5.74) is 1.45. The van der Waals surface area contributed by atoms with Crippen molar-refractivity contribution in [2.75, 3.05) is 7.11 Å². The minimum atomic E-state index is -0.872. The van der Waals surface area contributed by atoms with E-state index in [0.717, 1.165) is 10.8 Å². The number of carbonyl (C=O) groups excluding carboxylic acids is 2. The van der Waals surface area contributed by atoms with Crippen LogP contribution >= 0.6 is 0 Å². The van der Waals surface area contributed by atoms with E-state index in [-0.39, 0.29) is 11.6 Å². The van der Waals surface area contributed by atoms with Gasteiger partial charge < -0.3 is 4.74 Å². The lowest BCUT2D eigenvalue weighted by Crippen LogP contribution is -2.14. The van der Waals surface area contributed by atoms with Gasteiger partial charge in [0, 0.05) is 22.7 Å². The molecule has 4 rings (SSSR count). The molecular weight excluding hydrogens is 290 g/mol. The lowest BCUT2D eigenvalue weighted by molar-refractivity contribution is 0.0888. The smallest absolute Gasteiger partial charge is 0.180 e. The van der Waals surface area contributed by atoms with Crippen LogP contribution in [-0.4, -0.2) is 23.7 Å². The molecule has 0 atom stereocenters. The van der Waals surface area contributed by atoms with Crippen LogP contribution in [0.2, 0.25) is 0 Å². The second-order valence-electron chi connectivity index (χ2n) is 5.49. The molecule has 0 radical (unpaired) electrons. The predicted molar refractivity (Wildman–Crippen MR) is 86.1 cm³/mol. The number of nitrogens with zero attached hydrogens (tertiary/aromatic N) is 1. The van der Waals surface area contributed by atoms with Gasteiger partial charge >= 0.3 is 0 Å². The Morgan fingerprint density at radius 1 is 0.957 bits per heavy atom. The van der Waals surface area contributed by atoms with Crippen molar-refractivity contribution in [1.29, 1.82) is 0 Å². The average molecular weight is 303 g/mol. The molecule has 1 aliphatic carbocycles. The molecule has 0 aliphatic heterocycles. The Morgan fingerprint density at radius 3 is 2.30 bits per heavy atom. The lowest BCUT2D eigenvalue weighted by Gasteiger charge is -2.11. The Balaban J connectivity index is 1.94. The van der Waals surface area contributed by atoms with Crippen LogP contribution < -0.4 is 4.74 Å². The van der Waals surface area contributed by atoms with Crippen molar-refractivity contribution in [3.05, 3.63) is 71.5 Å². The molecule has 4 nitrogen and oxygen atoms in total. The molecule has 0 saturated heterocycles. The standard InChI is InChI=1S/C19H13NO3/c1-23-12-7-6-11-8-9-20-17(15(11)10-12)16-18(21)13-4-2-3-5-14(13)19(16)22/h2-10,16H,1H3. The number of ketones is 2. The van der Waals surface area contributed by atoms with E-state index in [1.807, 2.05) is 24.3 Å². The predicted octanol–water partition coefficient (Wildman–Crippen LogP) is 3.41. The third-order valence-electron chi connectivity index (χ3n) is 4.26. The van der Waals surface area contributed by atoms with Crippen molar-refractivity contribution in [1.82, 2.24) is 4.98 Å². The van der Waals surface area contributed by atoms with Crippen molar-refractivity contribution in [2.24, 2.45) is 0 Å². The van der Waals surface area contributed by atoms with E-state index >= 15 is 0 Å². The molecule has 2 aromatic carbocycles. The molecule has 1 heterocycles. The van der Waals surface area contributed by atoms with Gasteiger partial charge in [-0.15, -0.1) is 0 Å². The van der Waals surface area contributed by atoms with E-state index in [9.17, 15) is 9.59 Å². The number of carbonyl (C=O) groups is 2. The van der Waals surface area contributed by atoms with Gasteiger partial charge in [0.25, 0.3) is 0 Å². The Bertz CT molecular complexity index is 927. The van der Waals surface area contributed by atoms with Gasteiger partial charge in [0.2, 0.25) is 0 Å². The Labute approximate surface area is 132 Å². The lowest BCUT2D eigenvalue weighted by atomic mass is 9.94. The zero-order valence-electron chi connectivity index (χ0n) is 12.4. The summed E-state index contributed by atoms with van der Waals surface area (Å²) in [6, 6.07) is 14.4. The van der Waals surface area contributed by atoms with Gasteiger partial charge in [-0.1, -0.05) is 30.3 Å². The number of ether oxygens (including phenoxy) is 1. The number of Topliss-reactive ketones (excluding diaryl/α,β-unsaturated/α-hetero) is 2. The maximum Gasteiger partial charge on any atom is 0.180 e. The molecule has 23 heavy (non-hydrogen) atoms. The summed E-state index contributed by atoms with van der Waals surface area (Å²) in [6.07, 6.45) is 1.63. The molecular formula is C19H13NO3. The molecule has 112 valence electrons. The molecule has 0 amide bonds. The van der Waals surface area contributed by atoms with Gasteiger partial charge in [0.05, 0.1) is 12.8 Å². The van der Waals surface area contributed by atoms with E-state index < -0.39 is 5.92 Å². The first kappa shape index (κ1) is 13.6. The topological polar surface area (TPSA) is 56.3 Å². The fraction of sp³-hybridized carbons (Fsp3) is 0.105. The van der Waals surface area contributed by atoms with E-state index in [0.29, 0.717) is 22.6 Å². The SMILES string of the molecule is COc1ccc2ccnc(C3C(=O)c4ccccc4C3=O)c2c1. The van der Waals surface area contributed by atoms with Crippen LogP contribution in [0.3, 0.4) is 0 Å². The van der Waals surface area contributed by atoms with Gasteiger partial charge in [-0.05, 0) is 23.6 Å². The Morgan fingerprint density at radius 2 is 1.65 bits per heavy atom. The van der Waals surface area contributed by atoms with E-state index in [1.54, 1.807) is 37.6 Å². The van der Waals surface area contributed by atoms with Crippen LogP contribution in [-0.2, 0) is 0 Å². The van der Waals surface area contributed by atoms with Crippen molar-refractivity contribution in [3.63, 3.8) is 0 Å². The van der Waals surface area contributed by atoms with Gasteiger partial charge in [-0.3, -0.25) is 14.6 Å².